The Balaban J connectivity index is 1.63. The zero-order valence-corrected chi connectivity index (χ0v) is 23.6. The van der Waals surface area contributed by atoms with Crippen LogP contribution in [0, 0.1) is 0 Å². The van der Waals surface area contributed by atoms with Crippen molar-refractivity contribution in [3.63, 3.8) is 0 Å². The third-order valence-corrected chi connectivity index (χ3v) is 7.85. The van der Waals surface area contributed by atoms with Crippen molar-refractivity contribution in [2.24, 2.45) is 0 Å². The Hall–Kier alpha value is -4.25. The Morgan fingerprint density at radius 2 is 1.25 bits per heavy atom. The molecule has 0 N–H and O–H groups in total. The molecular formula is C29H18BrClN2O6S. The third kappa shape index (κ3) is 5.42. The number of nitrogens with zero attached hydrogens (tertiary/aromatic N) is 2. The lowest BCUT2D eigenvalue weighted by Crippen LogP contribution is -2.57. The Bertz CT molecular complexity index is 1700. The number of barbiturate groups is 1. The summed E-state index contributed by atoms with van der Waals surface area (Å²) in [5, 5.41) is 0.350. The second-order valence-corrected chi connectivity index (χ2v) is 11.4. The predicted molar refractivity (Wildman–Crippen MR) is 155 cm³/mol. The van der Waals surface area contributed by atoms with Crippen LogP contribution in [-0.2, 0) is 19.7 Å². The highest BCUT2D eigenvalue weighted by Crippen LogP contribution is 2.33. The van der Waals surface area contributed by atoms with Gasteiger partial charge in [0.05, 0.1) is 11.4 Å². The van der Waals surface area contributed by atoms with Crippen molar-refractivity contribution >= 4 is 72.9 Å². The maximum atomic E-state index is 13.7. The van der Waals surface area contributed by atoms with Gasteiger partial charge in [0.1, 0.15) is 16.2 Å². The van der Waals surface area contributed by atoms with Crippen LogP contribution in [0.4, 0.5) is 16.2 Å². The number of urea groups is 1. The van der Waals surface area contributed by atoms with E-state index < -0.39 is 28.0 Å². The van der Waals surface area contributed by atoms with Gasteiger partial charge < -0.3 is 4.18 Å². The maximum absolute atomic E-state index is 13.7. The van der Waals surface area contributed by atoms with Gasteiger partial charge >= 0.3 is 16.1 Å². The monoisotopic (exact) mass is 636 g/mol. The number of halogens is 2. The first-order chi connectivity index (χ1) is 19.2. The number of hydrogen-bond donors (Lipinski definition) is 0. The zero-order valence-electron chi connectivity index (χ0n) is 20.4. The van der Waals surface area contributed by atoms with Crippen LogP contribution in [0.15, 0.2) is 118 Å². The fraction of sp³-hybridized carbons (Fsp3) is 0. The number of anilines is 2. The van der Waals surface area contributed by atoms with Crippen LogP contribution in [-0.4, -0.2) is 26.3 Å². The van der Waals surface area contributed by atoms with Crippen LogP contribution >= 0.6 is 27.5 Å². The van der Waals surface area contributed by atoms with E-state index in [0.717, 1.165) is 9.80 Å². The van der Waals surface area contributed by atoms with E-state index in [9.17, 15) is 22.8 Å². The predicted octanol–water partition coefficient (Wildman–Crippen LogP) is 6.45. The summed E-state index contributed by atoms with van der Waals surface area (Å²) in [5.41, 5.74) is 0.249. The van der Waals surface area contributed by atoms with E-state index in [1.165, 1.54) is 42.5 Å². The van der Waals surface area contributed by atoms with Gasteiger partial charge in [-0.25, -0.2) is 14.6 Å². The van der Waals surface area contributed by atoms with Gasteiger partial charge in [0.2, 0.25) is 0 Å². The van der Waals surface area contributed by atoms with Crippen LogP contribution < -0.4 is 14.0 Å². The fourth-order valence-corrected chi connectivity index (χ4v) is 5.43. The number of benzene rings is 4. The minimum Gasteiger partial charge on any atom is -0.378 e. The molecule has 40 heavy (non-hydrogen) atoms. The average molecular weight is 638 g/mol. The van der Waals surface area contributed by atoms with Gasteiger partial charge in [0.25, 0.3) is 11.8 Å². The molecule has 0 aliphatic carbocycles. The standard InChI is InChI=1S/C29H18BrClN2O6S/c30-20-11-16-26(39-40(37,38)24-14-12-21(31)13-15-24)19(17-20)18-25-27(34)32(22-7-3-1-4-8-22)29(36)33(28(25)35)23-9-5-2-6-10-23/h1-18H. The van der Waals surface area contributed by atoms with Crippen molar-refractivity contribution in [2.75, 3.05) is 9.80 Å². The van der Waals surface area contributed by atoms with Crippen molar-refractivity contribution in [3.05, 3.63) is 124 Å². The van der Waals surface area contributed by atoms with Crippen molar-refractivity contribution in [1.29, 1.82) is 0 Å². The second kappa shape index (κ2) is 11.1. The van der Waals surface area contributed by atoms with Crippen LogP contribution in [0.5, 0.6) is 5.75 Å². The number of carbonyl (C=O) groups is 3. The molecule has 0 saturated carbocycles. The highest BCUT2D eigenvalue weighted by molar-refractivity contribution is 9.10. The quantitative estimate of drug-likeness (QED) is 0.137. The average Bonchev–Trinajstić information content (AvgIpc) is 2.94. The molecule has 8 nitrogen and oxygen atoms in total. The van der Waals surface area contributed by atoms with E-state index in [2.05, 4.69) is 15.9 Å². The number of hydrogen-bond acceptors (Lipinski definition) is 6. The molecule has 1 fully saturated rings. The number of amides is 4. The lowest BCUT2D eigenvalue weighted by atomic mass is 10.0. The van der Waals surface area contributed by atoms with Gasteiger partial charge in [-0.2, -0.15) is 8.42 Å². The van der Waals surface area contributed by atoms with E-state index >= 15 is 0 Å². The summed E-state index contributed by atoms with van der Waals surface area (Å²) in [6.07, 6.45) is 1.21. The molecule has 1 heterocycles. The lowest BCUT2D eigenvalue weighted by molar-refractivity contribution is -0.121. The largest absolute Gasteiger partial charge is 0.378 e. The molecule has 4 aromatic carbocycles. The summed E-state index contributed by atoms with van der Waals surface area (Å²) in [7, 11) is -4.30. The number of imide groups is 2. The molecule has 0 aromatic heterocycles. The first-order valence-corrected chi connectivity index (χ1v) is 14.3. The van der Waals surface area contributed by atoms with Crippen molar-refractivity contribution < 1.29 is 27.0 Å². The maximum Gasteiger partial charge on any atom is 0.343 e. The van der Waals surface area contributed by atoms with E-state index in [4.69, 9.17) is 15.8 Å². The molecule has 1 saturated heterocycles. The molecule has 0 unspecified atom stereocenters. The van der Waals surface area contributed by atoms with Crippen LogP contribution in [0.3, 0.4) is 0 Å². The molecule has 4 amide bonds. The molecule has 200 valence electrons. The van der Waals surface area contributed by atoms with Crippen LogP contribution in [0.2, 0.25) is 5.02 Å². The van der Waals surface area contributed by atoms with Gasteiger partial charge in [-0.3, -0.25) is 9.59 Å². The molecule has 0 spiro atoms. The van der Waals surface area contributed by atoms with Gasteiger partial charge in [-0.1, -0.05) is 63.9 Å². The van der Waals surface area contributed by atoms with Crippen molar-refractivity contribution in [1.82, 2.24) is 0 Å². The molecule has 4 aromatic rings. The van der Waals surface area contributed by atoms with Crippen molar-refractivity contribution in [3.8, 4) is 5.75 Å². The Morgan fingerprint density at radius 1 is 0.725 bits per heavy atom. The summed E-state index contributed by atoms with van der Waals surface area (Å²) >= 11 is 9.22. The molecule has 0 bridgehead atoms. The molecule has 1 aliphatic rings. The second-order valence-electron chi connectivity index (χ2n) is 8.47. The third-order valence-electron chi connectivity index (χ3n) is 5.85. The Morgan fingerprint density at radius 3 is 1.77 bits per heavy atom. The zero-order chi connectivity index (χ0) is 28.4. The SMILES string of the molecule is O=C1C(=Cc2cc(Br)ccc2OS(=O)(=O)c2ccc(Cl)cc2)C(=O)N(c2ccccc2)C(=O)N1c1ccccc1. The minimum atomic E-state index is -4.30. The van der Waals surface area contributed by atoms with E-state index in [1.807, 2.05) is 0 Å². The molecule has 11 heteroatoms. The normalized spacial score (nSPS) is 13.9. The summed E-state index contributed by atoms with van der Waals surface area (Å²) in [6, 6.07) is 25.4. The van der Waals surface area contributed by atoms with Crippen molar-refractivity contribution in [2.45, 2.75) is 4.90 Å². The highest BCUT2D eigenvalue weighted by atomic mass is 79.9. The summed E-state index contributed by atoms with van der Waals surface area (Å²) in [4.78, 5) is 42.5. The fourth-order valence-electron chi connectivity index (χ4n) is 3.97. The molecule has 5 rings (SSSR count). The summed E-state index contributed by atoms with van der Waals surface area (Å²) < 4.78 is 31.9. The van der Waals surface area contributed by atoms with E-state index in [0.29, 0.717) is 9.50 Å². The van der Waals surface area contributed by atoms with Gasteiger partial charge in [-0.15, -0.1) is 0 Å². The smallest absolute Gasteiger partial charge is 0.343 e. The van der Waals surface area contributed by atoms with Gasteiger partial charge in [0, 0.05) is 15.1 Å². The van der Waals surface area contributed by atoms with Crippen LogP contribution in [0.25, 0.3) is 6.08 Å². The minimum absolute atomic E-state index is 0.110. The Kier molecular flexibility index (Phi) is 7.57. The molecule has 1 aliphatic heterocycles. The van der Waals surface area contributed by atoms with Gasteiger partial charge in [0.15, 0.2) is 0 Å². The first-order valence-electron chi connectivity index (χ1n) is 11.7. The highest BCUT2D eigenvalue weighted by Gasteiger charge is 2.43. The summed E-state index contributed by atoms with van der Waals surface area (Å²) in [6.45, 7) is 0. The van der Waals surface area contributed by atoms with E-state index in [-0.39, 0.29) is 33.2 Å². The Labute approximate surface area is 243 Å². The van der Waals surface area contributed by atoms with Gasteiger partial charge in [-0.05, 0) is 72.8 Å². The van der Waals surface area contributed by atoms with E-state index in [1.54, 1.807) is 66.7 Å². The molecular weight excluding hydrogens is 620 g/mol. The molecule has 0 radical (unpaired) electrons. The number of carbonyl (C=O) groups excluding carboxylic acids is 3. The number of para-hydroxylation sites is 2. The number of rotatable bonds is 6. The first kappa shape index (κ1) is 27.3. The topological polar surface area (TPSA) is 101 Å². The summed E-state index contributed by atoms with van der Waals surface area (Å²) in [5.74, 6) is -1.89. The lowest BCUT2D eigenvalue weighted by Gasteiger charge is -2.34. The molecule has 0 atom stereocenters. The van der Waals surface area contributed by atoms with Crippen LogP contribution in [0.1, 0.15) is 5.56 Å².